The Balaban J connectivity index is 1.94. The predicted molar refractivity (Wildman–Crippen MR) is 80.1 cm³/mol. The van der Waals surface area contributed by atoms with E-state index in [0.29, 0.717) is 18.5 Å². The molecule has 20 heavy (non-hydrogen) atoms. The quantitative estimate of drug-likeness (QED) is 0.828. The molecule has 2 heterocycles. The highest BCUT2D eigenvalue weighted by Gasteiger charge is 2.23. The first-order valence-corrected chi connectivity index (χ1v) is 7.43. The summed E-state index contributed by atoms with van der Waals surface area (Å²) < 4.78 is 5.43. The molecule has 1 aromatic heterocycles. The third-order valence-corrected chi connectivity index (χ3v) is 3.77. The van der Waals surface area contributed by atoms with Gasteiger partial charge in [-0.2, -0.15) is 4.98 Å². The Bertz CT molecular complexity index is 402. The van der Waals surface area contributed by atoms with Crippen LogP contribution >= 0.6 is 0 Å². The van der Waals surface area contributed by atoms with Gasteiger partial charge < -0.3 is 15.4 Å². The number of hydrogen-bond acceptors (Lipinski definition) is 6. The Morgan fingerprint density at radius 2 is 2.05 bits per heavy atom. The standard InChI is InChI=1S/C14H25N5O/c1-3-12(11-15)18-7-9-19(10-8-18)14-16-6-5-13(17-14)20-4-2/h5-6,12H,3-4,7-11,15H2,1-2H3. The number of rotatable bonds is 6. The van der Waals surface area contributed by atoms with E-state index in [1.165, 1.54) is 0 Å². The SMILES string of the molecule is CCOc1ccnc(N2CCN(C(CC)CN)CC2)n1. The monoisotopic (exact) mass is 279 g/mol. The van der Waals surface area contributed by atoms with Gasteiger partial charge in [0.2, 0.25) is 11.8 Å². The second-order valence-corrected chi connectivity index (χ2v) is 4.95. The van der Waals surface area contributed by atoms with E-state index in [1.807, 2.05) is 6.92 Å². The van der Waals surface area contributed by atoms with Crippen LogP contribution in [0.3, 0.4) is 0 Å². The Labute approximate surface area is 120 Å². The van der Waals surface area contributed by atoms with Gasteiger partial charge >= 0.3 is 0 Å². The molecule has 112 valence electrons. The van der Waals surface area contributed by atoms with Gasteiger partial charge in [-0.3, -0.25) is 4.90 Å². The van der Waals surface area contributed by atoms with Crippen LogP contribution in [0.5, 0.6) is 5.88 Å². The van der Waals surface area contributed by atoms with Crippen molar-refractivity contribution in [2.24, 2.45) is 5.73 Å². The molecule has 0 aliphatic carbocycles. The summed E-state index contributed by atoms with van der Waals surface area (Å²) >= 11 is 0. The average molecular weight is 279 g/mol. The molecule has 1 aliphatic rings. The van der Waals surface area contributed by atoms with Gasteiger partial charge in [-0.25, -0.2) is 4.98 Å². The fourth-order valence-electron chi connectivity index (χ4n) is 2.57. The summed E-state index contributed by atoms with van der Waals surface area (Å²) in [5.74, 6) is 1.41. The Morgan fingerprint density at radius 1 is 1.30 bits per heavy atom. The minimum atomic E-state index is 0.493. The number of aromatic nitrogens is 2. The molecule has 0 saturated carbocycles. The second kappa shape index (κ2) is 7.40. The number of nitrogens with two attached hydrogens (primary N) is 1. The third kappa shape index (κ3) is 3.58. The first kappa shape index (κ1) is 15.0. The van der Waals surface area contributed by atoms with Crippen molar-refractivity contribution in [3.8, 4) is 5.88 Å². The summed E-state index contributed by atoms with van der Waals surface area (Å²) in [7, 11) is 0. The fourth-order valence-corrected chi connectivity index (χ4v) is 2.57. The van der Waals surface area contributed by atoms with Crippen LogP contribution in [0.1, 0.15) is 20.3 Å². The first-order valence-electron chi connectivity index (χ1n) is 7.43. The summed E-state index contributed by atoms with van der Waals surface area (Å²) in [6.07, 6.45) is 2.86. The molecule has 0 spiro atoms. The van der Waals surface area contributed by atoms with Crippen molar-refractivity contribution in [1.29, 1.82) is 0 Å². The minimum absolute atomic E-state index is 0.493. The van der Waals surface area contributed by atoms with E-state index in [1.54, 1.807) is 12.3 Å². The van der Waals surface area contributed by atoms with E-state index in [0.717, 1.165) is 45.1 Å². The molecule has 1 aliphatic heterocycles. The lowest BCUT2D eigenvalue weighted by Gasteiger charge is -2.38. The number of anilines is 1. The zero-order valence-electron chi connectivity index (χ0n) is 12.5. The molecule has 6 nitrogen and oxygen atoms in total. The summed E-state index contributed by atoms with van der Waals surface area (Å²) in [6.45, 7) is 9.40. The molecule has 1 atom stereocenters. The predicted octanol–water partition coefficient (Wildman–Crippen LogP) is 0.735. The number of piperazine rings is 1. The van der Waals surface area contributed by atoms with E-state index < -0.39 is 0 Å². The van der Waals surface area contributed by atoms with Crippen LogP contribution in [0.2, 0.25) is 0 Å². The van der Waals surface area contributed by atoms with Gasteiger partial charge in [0, 0.05) is 51.0 Å². The maximum Gasteiger partial charge on any atom is 0.228 e. The Kier molecular flexibility index (Phi) is 5.55. The van der Waals surface area contributed by atoms with Crippen molar-refractivity contribution in [3.63, 3.8) is 0 Å². The van der Waals surface area contributed by atoms with Crippen LogP contribution < -0.4 is 15.4 Å². The number of hydrogen-bond donors (Lipinski definition) is 1. The van der Waals surface area contributed by atoms with Gasteiger partial charge in [0.25, 0.3) is 0 Å². The maximum atomic E-state index is 5.82. The zero-order valence-corrected chi connectivity index (χ0v) is 12.5. The Morgan fingerprint density at radius 3 is 2.65 bits per heavy atom. The van der Waals surface area contributed by atoms with Crippen molar-refractivity contribution >= 4 is 5.95 Å². The normalized spacial score (nSPS) is 18.1. The molecule has 2 N–H and O–H groups in total. The smallest absolute Gasteiger partial charge is 0.228 e. The van der Waals surface area contributed by atoms with Crippen molar-refractivity contribution < 1.29 is 4.74 Å². The van der Waals surface area contributed by atoms with E-state index in [9.17, 15) is 0 Å². The van der Waals surface area contributed by atoms with Gasteiger partial charge in [0.1, 0.15) is 0 Å². The molecule has 1 unspecified atom stereocenters. The zero-order chi connectivity index (χ0) is 14.4. The van der Waals surface area contributed by atoms with Gasteiger partial charge in [-0.15, -0.1) is 0 Å². The van der Waals surface area contributed by atoms with E-state index in [2.05, 4.69) is 26.7 Å². The Hall–Kier alpha value is -1.40. The molecular weight excluding hydrogens is 254 g/mol. The van der Waals surface area contributed by atoms with Crippen LogP contribution in [0.25, 0.3) is 0 Å². The lowest BCUT2D eigenvalue weighted by Crippen LogP contribution is -2.52. The fraction of sp³-hybridized carbons (Fsp3) is 0.714. The number of nitrogens with zero attached hydrogens (tertiary/aromatic N) is 4. The van der Waals surface area contributed by atoms with E-state index >= 15 is 0 Å². The molecule has 0 aromatic carbocycles. The highest BCUT2D eigenvalue weighted by atomic mass is 16.5. The summed E-state index contributed by atoms with van der Waals surface area (Å²) in [6, 6.07) is 2.29. The molecule has 1 aromatic rings. The van der Waals surface area contributed by atoms with Crippen LogP contribution in [-0.2, 0) is 0 Å². The highest BCUT2D eigenvalue weighted by molar-refractivity contribution is 5.32. The summed E-state index contributed by atoms with van der Waals surface area (Å²) in [5.41, 5.74) is 5.82. The van der Waals surface area contributed by atoms with Crippen molar-refractivity contribution in [2.45, 2.75) is 26.3 Å². The lowest BCUT2D eigenvalue weighted by molar-refractivity contribution is 0.183. The average Bonchev–Trinajstić information content (AvgIpc) is 2.50. The molecule has 0 amide bonds. The second-order valence-electron chi connectivity index (χ2n) is 4.95. The lowest BCUT2D eigenvalue weighted by atomic mass is 10.1. The minimum Gasteiger partial charge on any atom is -0.478 e. The van der Waals surface area contributed by atoms with E-state index in [-0.39, 0.29) is 0 Å². The van der Waals surface area contributed by atoms with Crippen LogP contribution in [-0.4, -0.2) is 60.2 Å². The highest BCUT2D eigenvalue weighted by Crippen LogP contribution is 2.16. The largest absolute Gasteiger partial charge is 0.478 e. The van der Waals surface area contributed by atoms with Gasteiger partial charge in [0.05, 0.1) is 6.61 Å². The molecular formula is C14H25N5O. The maximum absolute atomic E-state index is 5.82. The molecule has 0 bridgehead atoms. The molecule has 6 heteroatoms. The summed E-state index contributed by atoms with van der Waals surface area (Å²) in [5, 5.41) is 0. The van der Waals surface area contributed by atoms with E-state index in [4.69, 9.17) is 10.5 Å². The van der Waals surface area contributed by atoms with Crippen LogP contribution in [0.15, 0.2) is 12.3 Å². The van der Waals surface area contributed by atoms with Gasteiger partial charge in [-0.05, 0) is 13.3 Å². The molecule has 1 saturated heterocycles. The van der Waals surface area contributed by atoms with Gasteiger partial charge in [0.15, 0.2) is 0 Å². The topological polar surface area (TPSA) is 67.5 Å². The molecule has 0 radical (unpaired) electrons. The summed E-state index contributed by atoms with van der Waals surface area (Å²) in [4.78, 5) is 13.5. The first-order chi connectivity index (χ1) is 9.78. The molecule has 1 fully saturated rings. The van der Waals surface area contributed by atoms with Crippen LogP contribution in [0.4, 0.5) is 5.95 Å². The van der Waals surface area contributed by atoms with Crippen LogP contribution in [0, 0.1) is 0 Å². The van der Waals surface area contributed by atoms with Crippen molar-refractivity contribution in [3.05, 3.63) is 12.3 Å². The van der Waals surface area contributed by atoms with Gasteiger partial charge in [-0.1, -0.05) is 6.92 Å². The molecule has 2 rings (SSSR count). The number of ether oxygens (including phenoxy) is 1. The third-order valence-electron chi connectivity index (χ3n) is 3.77. The van der Waals surface area contributed by atoms with Crippen molar-refractivity contribution in [1.82, 2.24) is 14.9 Å². The van der Waals surface area contributed by atoms with Crippen molar-refractivity contribution in [2.75, 3.05) is 44.2 Å².